The van der Waals surface area contributed by atoms with Crippen LogP contribution in [0.15, 0.2) is 23.3 Å². The maximum atomic E-state index is 9.60. The zero-order valence-corrected chi connectivity index (χ0v) is 8.40. The van der Waals surface area contributed by atoms with Gasteiger partial charge in [-0.1, -0.05) is 0 Å². The van der Waals surface area contributed by atoms with E-state index in [9.17, 15) is 5.11 Å². The van der Waals surface area contributed by atoms with E-state index >= 15 is 0 Å². The summed E-state index contributed by atoms with van der Waals surface area (Å²) in [5.74, 6) is 1.14. The smallest absolute Gasteiger partial charge is 0.160 e. The number of nitrogens with zero attached hydrogens (tertiary/aromatic N) is 1. The van der Waals surface area contributed by atoms with Crippen LogP contribution in [0.3, 0.4) is 0 Å². The molecular formula is C11H12N2O2. The van der Waals surface area contributed by atoms with Crippen molar-refractivity contribution in [1.29, 1.82) is 0 Å². The van der Waals surface area contributed by atoms with Gasteiger partial charge in [-0.2, -0.15) is 0 Å². The SMILES string of the molecule is COc1cc2c(cc1O)C=CN=C(N)C2. The van der Waals surface area contributed by atoms with Gasteiger partial charge in [0.2, 0.25) is 0 Å². The van der Waals surface area contributed by atoms with Crippen LogP contribution in [0.25, 0.3) is 6.08 Å². The Morgan fingerprint density at radius 1 is 1.47 bits per heavy atom. The van der Waals surface area contributed by atoms with Crippen molar-refractivity contribution < 1.29 is 9.84 Å². The Hall–Kier alpha value is -1.97. The van der Waals surface area contributed by atoms with Crippen LogP contribution in [-0.4, -0.2) is 18.1 Å². The summed E-state index contributed by atoms with van der Waals surface area (Å²) in [4.78, 5) is 4.01. The predicted molar refractivity (Wildman–Crippen MR) is 59.0 cm³/mol. The third kappa shape index (κ3) is 1.79. The van der Waals surface area contributed by atoms with Crippen LogP contribution >= 0.6 is 0 Å². The fraction of sp³-hybridized carbons (Fsp3) is 0.182. The molecule has 0 bridgehead atoms. The largest absolute Gasteiger partial charge is 0.504 e. The summed E-state index contributed by atoms with van der Waals surface area (Å²) in [6, 6.07) is 3.43. The minimum absolute atomic E-state index is 0.126. The van der Waals surface area contributed by atoms with E-state index in [1.54, 1.807) is 18.3 Å². The summed E-state index contributed by atoms with van der Waals surface area (Å²) < 4.78 is 5.03. The number of rotatable bonds is 1. The van der Waals surface area contributed by atoms with Gasteiger partial charge in [0.15, 0.2) is 11.5 Å². The first-order valence-electron chi connectivity index (χ1n) is 4.59. The van der Waals surface area contributed by atoms with Crippen LogP contribution in [0, 0.1) is 0 Å². The minimum Gasteiger partial charge on any atom is -0.504 e. The highest BCUT2D eigenvalue weighted by Gasteiger charge is 2.10. The van der Waals surface area contributed by atoms with Crippen LogP contribution in [0.1, 0.15) is 11.1 Å². The standard InChI is InChI=1S/C11H12N2O2/c1-15-10-5-8-6-11(12)13-3-2-7(8)4-9(10)14/h2-5,14H,6H2,1H3,(H2,12,13). The third-order valence-corrected chi connectivity index (χ3v) is 2.31. The Balaban J connectivity index is 2.52. The molecule has 4 heteroatoms. The molecule has 0 atom stereocenters. The van der Waals surface area contributed by atoms with E-state index in [1.807, 2.05) is 6.08 Å². The molecule has 1 aromatic rings. The van der Waals surface area contributed by atoms with Gasteiger partial charge >= 0.3 is 0 Å². The van der Waals surface area contributed by atoms with Gasteiger partial charge in [-0.3, -0.25) is 0 Å². The number of phenols is 1. The van der Waals surface area contributed by atoms with Crippen molar-refractivity contribution >= 4 is 11.9 Å². The fourth-order valence-electron chi connectivity index (χ4n) is 1.55. The molecule has 0 saturated carbocycles. The zero-order valence-electron chi connectivity index (χ0n) is 8.40. The van der Waals surface area contributed by atoms with Gasteiger partial charge in [-0.25, -0.2) is 4.99 Å². The molecule has 0 saturated heterocycles. The van der Waals surface area contributed by atoms with Gasteiger partial charge in [0, 0.05) is 12.6 Å². The number of phenolic OH excluding ortho intramolecular Hbond substituents is 1. The van der Waals surface area contributed by atoms with Crippen molar-refractivity contribution in [3.63, 3.8) is 0 Å². The summed E-state index contributed by atoms with van der Waals surface area (Å²) in [6.45, 7) is 0. The Morgan fingerprint density at radius 3 is 3.00 bits per heavy atom. The molecule has 0 unspecified atom stereocenters. The Morgan fingerprint density at radius 2 is 2.27 bits per heavy atom. The van der Waals surface area contributed by atoms with Gasteiger partial charge in [-0.15, -0.1) is 0 Å². The van der Waals surface area contributed by atoms with E-state index in [2.05, 4.69) is 4.99 Å². The molecule has 15 heavy (non-hydrogen) atoms. The Kier molecular flexibility index (Phi) is 2.33. The van der Waals surface area contributed by atoms with Crippen molar-refractivity contribution in [2.75, 3.05) is 7.11 Å². The summed E-state index contributed by atoms with van der Waals surface area (Å²) >= 11 is 0. The molecule has 78 valence electrons. The lowest BCUT2D eigenvalue weighted by Crippen LogP contribution is -2.14. The van der Waals surface area contributed by atoms with E-state index < -0.39 is 0 Å². The molecule has 0 aromatic heterocycles. The van der Waals surface area contributed by atoms with Crippen LogP contribution in [-0.2, 0) is 6.42 Å². The van der Waals surface area contributed by atoms with E-state index in [4.69, 9.17) is 10.5 Å². The molecule has 4 nitrogen and oxygen atoms in total. The number of aromatic hydroxyl groups is 1. The van der Waals surface area contributed by atoms with Crippen molar-refractivity contribution in [2.45, 2.75) is 6.42 Å². The number of methoxy groups -OCH3 is 1. The second kappa shape index (κ2) is 3.65. The molecule has 1 aliphatic rings. The van der Waals surface area contributed by atoms with Crippen LogP contribution in [0.5, 0.6) is 11.5 Å². The highest BCUT2D eigenvalue weighted by atomic mass is 16.5. The molecule has 1 aromatic carbocycles. The van der Waals surface area contributed by atoms with E-state index in [0.29, 0.717) is 18.0 Å². The Bertz CT molecular complexity index is 450. The zero-order chi connectivity index (χ0) is 10.8. The second-order valence-corrected chi connectivity index (χ2v) is 3.34. The van der Waals surface area contributed by atoms with Crippen molar-refractivity contribution in [3.05, 3.63) is 29.5 Å². The number of amidine groups is 1. The van der Waals surface area contributed by atoms with Crippen molar-refractivity contribution in [3.8, 4) is 11.5 Å². The number of nitrogens with two attached hydrogens (primary N) is 1. The summed E-state index contributed by atoms with van der Waals surface area (Å²) in [6.07, 6.45) is 4.01. The van der Waals surface area contributed by atoms with E-state index in [0.717, 1.165) is 11.1 Å². The quantitative estimate of drug-likeness (QED) is 0.724. The highest BCUT2D eigenvalue weighted by molar-refractivity contribution is 5.86. The topological polar surface area (TPSA) is 67.8 Å². The molecular weight excluding hydrogens is 192 g/mol. The third-order valence-electron chi connectivity index (χ3n) is 2.31. The van der Waals surface area contributed by atoms with E-state index in [1.165, 1.54) is 7.11 Å². The lowest BCUT2D eigenvalue weighted by molar-refractivity contribution is 0.373. The van der Waals surface area contributed by atoms with E-state index in [-0.39, 0.29) is 5.75 Å². The number of hydrogen-bond acceptors (Lipinski definition) is 4. The van der Waals surface area contributed by atoms with Gasteiger partial charge in [0.05, 0.1) is 7.11 Å². The summed E-state index contributed by atoms with van der Waals surface area (Å²) in [5.41, 5.74) is 7.59. The first-order valence-corrected chi connectivity index (χ1v) is 4.59. The molecule has 0 spiro atoms. The summed E-state index contributed by atoms with van der Waals surface area (Å²) in [5, 5.41) is 9.60. The van der Waals surface area contributed by atoms with Gasteiger partial charge < -0.3 is 15.6 Å². The number of ether oxygens (including phenoxy) is 1. The molecule has 0 aliphatic carbocycles. The number of fused-ring (bicyclic) bond motifs is 1. The van der Waals surface area contributed by atoms with Gasteiger partial charge in [0.1, 0.15) is 5.84 Å². The molecule has 3 N–H and O–H groups in total. The molecule has 0 amide bonds. The van der Waals surface area contributed by atoms with Crippen LogP contribution in [0.2, 0.25) is 0 Å². The molecule has 2 rings (SSSR count). The van der Waals surface area contributed by atoms with Crippen LogP contribution in [0.4, 0.5) is 0 Å². The van der Waals surface area contributed by atoms with Crippen molar-refractivity contribution in [2.24, 2.45) is 10.7 Å². The van der Waals surface area contributed by atoms with Gasteiger partial charge in [0.25, 0.3) is 0 Å². The number of hydrogen-bond donors (Lipinski definition) is 2. The Labute approximate surface area is 87.7 Å². The first kappa shape index (κ1) is 9.58. The minimum atomic E-state index is 0.126. The maximum absolute atomic E-state index is 9.60. The molecule has 0 radical (unpaired) electrons. The maximum Gasteiger partial charge on any atom is 0.160 e. The molecule has 1 heterocycles. The number of benzene rings is 1. The predicted octanol–water partition coefficient (Wildman–Crippen LogP) is 1.28. The monoisotopic (exact) mass is 204 g/mol. The number of aliphatic imine (C=N–C) groups is 1. The molecule has 1 aliphatic heterocycles. The highest BCUT2D eigenvalue weighted by Crippen LogP contribution is 2.31. The lowest BCUT2D eigenvalue weighted by atomic mass is 10.0. The average Bonchev–Trinajstić information content (AvgIpc) is 2.37. The second-order valence-electron chi connectivity index (χ2n) is 3.34. The average molecular weight is 204 g/mol. The molecule has 0 fully saturated rings. The van der Waals surface area contributed by atoms with Gasteiger partial charge in [-0.05, 0) is 29.3 Å². The first-order chi connectivity index (χ1) is 7.20. The van der Waals surface area contributed by atoms with Crippen molar-refractivity contribution in [1.82, 2.24) is 0 Å². The summed E-state index contributed by atoms with van der Waals surface area (Å²) in [7, 11) is 1.52. The van der Waals surface area contributed by atoms with Crippen LogP contribution < -0.4 is 10.5 Å². The lowest BCUT2D eigenvalue weighted by Gasteiger charge is -2.09. The fourth-order valence-corrected chi connectivity index (χ4v) is 1.55. The normalized spacial score (nSPS) is 14.1.